The maximum atomic E-state index is 11.6. The van der Waals surface area contributed by atoms with Crippen LogP contribution in [0, 0.1) is 0 Å². The topological polar surface area (TPSA) is 95.4 Å². The fraction of sp³-hybridized carbons (Fsp3) is 0.450. The van der Waals surface area contributed by atoms with E-state index in [-0.39, 0.29) is 5.91 Å². The summed E-state index contributed by atoms with van der Waals surface area (Å²) in [6.07, 6.45) is 8.66. The van der Waals surface area contributed by atoms with Crippen LogP contribution < -0.4 is 21.3 Å². The van der Waals surface area contributed by atoms with Crippen LogP contribution in [0.3, 0.4) is 0 Å². The van der Waals surface area contributed by atoms with E-state index in [2.05, 4.69) is 39.0 Å². The predicted octanol–water partition coefficient (Wildman–Crippen LogP) is 1.88. The van der Waals surface area contributed by atoms with Crippen LogP contribution in [0.25, 0.3) is 11.7 Å². The molecule has 0 spiro atoms. The SMILES string of the molecule is C=C1NC(=O)C/C1=C\c1cnn2c(NC3CC3)cc(NC3CCNCC3)nc12. The van der Waals surface area contributed by atoms with E-state index in [1.807, 2.05) is 10.6 Å². The molecule has 0 unspecified atom stereocenters. The lowest BCUT2D eigenvalue weighted by atomic mass is 10.1. The van der Waals surface area contributed by atoms with E-state index in [9.17, 15) is 4.79 Å². The molecule has 5 rings (SSSR count). The molecule has 2 saturated heterocycles. The fourth-order valence-corrected chi connectivity index (χ4v) is 3.77. The molecule has 0 radical (unpaired) electrons. The Morgan fingerprint density at radius 3 is 2.68 bits per heavy atom. The zero-order valence-corrected chi connectivity index (χ0v) is 15.8. The Morgan fingerprint density at radius 2 is 1.96 bits per heavy atom. The molecule has 8 heteroatoms. The van der Waals surface area contributed by atoms with Gasteiger partial charge in [-0.25, -0.2) is 4.98 Å². The molecular formula is C20H25N7O. The fourth-order valence-electron chi connectivity index (χ4n) is 3.77. The Bertz CT molecular complexity index is 966. The average molecular weight is 379 g/mol. The standard InChI is InChI=1S/C20H25N7O/c1-12-13(9-19(28)23-12)8-14-11-22-27-18(25-15-2-3-15)10-17(26-20(14)27)24-16-4-6-21-7-5-16/h8,10-11,15-16,21,25H,1-7,9H2,(H,23,28)(H,24,26)/b13-8+. The minimum absolute atomic E-state index is 0.0231. The first-order chi connectivity index (χ1) is 13.7. The first kappa shape index (κ1) is 17.2. The summed E-state index contributed by atoms with van der Waals surface area (Å²) in [4.78, 5) is 16.5. The van der Waals surface area contributed by atoms with Gasteiger partial charge in [0.25, 0.3) is 0 Å². The molecule has 4 N–H and O–H groups in total. The minimum atomic E-state index is -0.0231. The number of hydrogen-bond donors (Lipinski definition) is 4. The van der Waals surface area contributed by atoms with Gasteiger partial charge in [0.05, 0.1) is 12.6 Å². The van der Waals surface area contributed by atoms with Crippen LogP contribution in [-0.2, 0) is 4.79 Å². The smallest absolute Gasteiger partial charge is 0.228 e. The van der Waals surface area contributed by atoms with Crippen molar-refractivity contribution in [3.05, 3.63) is 35.7 Å². The van der Waals surface area contributed by atoms with Crippen molar-refractivity contribution in [2.75, 3.05) is 23.7 Å². The number of rotatable bonds is 5. The van der Waals surface area contributed by atoms with Crippen LogP contribution >= 0.6 is 0 Å². The molecule has 2 aliphatic heterocycles. The van der Waals surface area contributed by atoms with Crippen molar-refractivity contribution in [3.8, 4) is 0 Å². The number of nitrogens with one attached hydrogen (secondary N) is 4. The lowest BCUT2D eigenvalue weighted by Crippen LogP contribution is -2.35. The highest BCUT2D eigenvalue weighted by Gasteiger charge is 2.24. The maximum Gasteiger partial charge on any atom is 0.228 e. The Kier molecular flexibility index (Phi) is 4.27. The second-order valence-corrected chi connectivity index (χ2v) is 7.82. The van der Waals surface area contributed by atoms with Crippen molar-refractivity contribution in [2.24, 2.45) is 0 Å². The number of carbonyl (C=O) groups is 1. The highest BCUT2D eigenvalue weighted by Crippen LogP contribution is 2.29. The number of carbonyl (C=O) groups excluding carboxylic acids is 1. The summed E-state index contributed by atoms with van der Waals surface area (Å²) >= 11 is 0. The molecule has 146 valence electrons. The lowest BCUT2D eigenvalue weighted by Gasteiger charge is -2.24. The van der Waals surface area contributed by atoms with Crippen LogP contribution in [0.2, 0.25) is 0 Å². The van der Waals surface area contributed by atoms with Gasteiger partial charge < -0.3 is 21.3 Å². The first-order valence-corrected chi connectivity index (χ1v) is 9.98. The van der Waals surface area contributed by atoms with Crippen molar-refractivity contribution in [3.63, 3.8) is 0 Å². The van der Waals surface area contributed by atoms with Gasteiger partial charge in [0.15, 0.2) is 5.65 Å². The second-order valence-electron chi connectivity index (χ2n) is 7.82. The number of fused-ring (bicyclic) bond motifs is 1. The molecule has 3 fully saturated rings. The molecule has 28 heavy (non-hydrogen) atoms. The summed E-state index contributed by atoms with van der Waals surface area (Å²) in [5.74, 6) is 1.79. The van der Waals surface area contributed by atoms with Gasteiger partial charge in [0, 0.05) is 29.4 Å². The molecule has 4 heterocycles. The third kappa shape index (κ3) is 3.47. The van der Waals surface area contributed by atoms with Gasteiger partial charge >= 0.3 is 0 Å². The van der Waals surface area contributed by atoms with Gasteiger partial charge in [-0.1, -0.05) is 6.58 Å². The molecule has 2 aromatic rings. The average Bonchev–Trinajstić information content (AvgIpc) is 3.32. The molecule has 8 nitrogen and oxygen atoms in total. The highest BCUT2D eigenvalue weighted by molar-refractivity contribution is 5.89. The van der Waals surface area contributed by atoms with Crippen LogP contribution in [-0.4, -0.2) is 45.7 Å². The maximum absolute atomic E-state index is 11.6. The first-order valence-electron chi connectivity index (χ1n) is 9.98. The van der Waals surface area contributed by atoms with E-state index < -0.39 is 0 Å². The Hall–Kier alpha value is -2.87. The number of amides is 1. The van der Waals surface area contributed by atoms with E-state index in [1.165, 1.54) is 12.8 Å². The van der Waals surface area contributed by atoms with Crippen molar-refractivity contribution in [1.29, 1.82) is 0 Å². The highest BCUT2D eigenvalue weighted by atomic mass is 16.1. The molecule has 0 aromatic carbocycles. The van der Waals surface area contributed by atoms with Gasteiger partial charge in [0.2, 0.25) is 5.91 Å². The quantitative estimate of drug-likeness (QED) is 0.634. The van der Waals surface area contributed by atoms with E-state index >= 15 is 0 Å². The number of aromatic nitrogens is 3. The van der Waals surface area contributed by atoms with Gasteiger partial charge in [-0.3, -0.25) is 4.79 Å². The molecule has 1 aliphatic carbocycles. The summed E-state index contributed by atoms with van der Waals surface area (Å²) in [6, 6.07) is 2.99. The van der Waals surface area contributed by atoms with Crippen molar-refractivity contribution in [1.82, 2.24) is 25.2 Å². The van der Waals surface area contributed by atoms with Crippen LogP contribution in [0.5, 0.6) is 0 Å². The summed E-state index contributed by atoms with van der Waals surface area (Å²) < 4.78 is 1.85. The molecular weight excluding hydrogens is 354 g/mol. The zero-order chi connectivity index (χ0) is 19.1. The molecule has 0 bridgehead atoms. The summed E-state index contributed by atoms with van der Waals surface area (Å²) in [7, 11) is 0. The summed E-state index contributed by atoms with van der Waals surface area (Å²) in [5, 5.41) is 17.9. The number of allylic oxidation sites excluding steroid dienone is 1. The van der Waals surface area contributed by atoms with Crippen molar-refractivity contribution >= 4 is 29.3 Å². The van der Waals surface area contributed by atoms with Gasteiger partial charge in [-0.05, 0) is 50.4 Å². The Morgan fingerprint density at radius 1 is 1.18 bits per heavy atom. The largest absolute Gasteiger partial charge is 0.367 e. The molecule has 3 aliphatic rings. The van der Waals surface area contributed by atoms with E-state index in [0.29, 0.717) is 24.2 Å². The van der Waals surface area contributed by atoms with Crippen molar-refractivity contribution < 1.29 is 4.79 Å². The van der Waals surface area contributed by atoms with Gasteiger partial charge in [0.1, 0.15) is 11.6 Å². The predicted molar refractivity (Wildman–Crippen MR) is 109 cm³/mol. The summed E-state index contributed by atoms with van der Waals surface area (Å²) in [6.45, 7) is 5.98. The Balaban J connectivity index is 1.52. The van der Waals surface area contributed by atoms with E-state index in [1.54, 1.807) is 6.20 Å². The molecule has 0 atom stereocenters. The van der Waals surface area contributed by atoms with Crippen LogP contribution in [0.1, 0.15) is 37.7 Å². The van der Waals surface area contributed by atoms with Crippen molar-refractivity contribution in [2.45, 2.75) is 44.2 Å². The van der Waals surface area contributed by atoms with Crippen LogP contribution in [0.15, 0.2) is 30.1 Å². The van der Waals surface area contributed by atoms with Gasteiger partial charge in [-0.15, -0.1) is 0 Å². The van der Waals surface area contributed by atoms with E-state index in [4.69, 9.17) is 4.98 Å². The third-order valence-electron chi connectivity index (χ3n) is 5.48. The third-order valence-corrected chi connectivity index (χ3v) is 5.48. The number of hydrogen-bond acceptors (Lipinski definition) is 6. The van der Waals surface area contributed by atoms with Crippen LogP contribution in [0.4, 0.5) is 11.6 Å². The monoisotopic (exact) mass is 379 g/mol. The number of piperidine rings is 1. The minimum Gasteiger partial charge on any atom is -0.367 e. The van der Waals surface area contributed by atoms with Gasteiger partial charge in [-0.2, -0.15) is 9.61 Å². The van der Waals surface area contributed by atoms with E-state index in [0.717, 1.165) is 54.4 Å². The number of nitrogens with zero attached hydrogens (tertiary/aromatic N) is 3. The Labute approximate surface area is 163 Å². The molecule has 2 aromatic heterocycles. The molecule has 1 amide bonds. The summed E-state index contributed by atoms with van der Waals surface area (Å²) in [5.41, 5.74) is 3.21. The lowest BCUT2D eigenvalue weighted by molar-refractivity contribution is -0.118. The second kappa shape index (κ2) is 6.94. The molecule has 1 saturated carbocycles. The normalized spacial score (nSPS) is 22.1. The number of anilines is 2. The zero-order valence-electron chi connectivity index (χ0n) is 15.8.